The Morgan fingerprint density at radius 2 is 1.91 bits per heavy atom. The van der Waals surface area contributed by atoms with Crippen LogP contribution in [-0.2, 0) is 9.53 Å². The molecule has 1 aromatic carbocycles. The van der Waals surface area contributed by atoms with Gasteiger partial charge in [-0.2, -0.15) is 0 Å². The maximum atomic E-state index is 12.0. The van der Waals surface area contributed by atoms with Crippen LogP contribution in [0, 0.1) is 5.41 Å². The van der Waals surface area contributed by atoms with Crippen LogP contribution in [0.5, 0.6) is 0 Å². The van der Waals surface area contributed by atoms with Crippen molar-refractivity contribution in [1.29, 1.82) is 0 Å². The zero-order chi connectivity index (χ0) is 16.2. The molecule has 0 radical (unpaired) electrons. The van der Waals surface area contributed by atoms with Gasteiger partial charge in [-0.15, -0.1) is 0 Å². The lowest BCUT2D eigenvalue weighted by Crippen LogP contribution is -2.31. The molecule has 1 aliphatic rings. The molecule has 1 unspecified atom stereocenters. The Morgan fingerprint density at radius 1 is 1.23 bits per heavy atom. The van der Waals surface area contributed by atoms with Crippen LogP contribution >= 0.6 is 0 Å². The molecule has 1 heterocycles. The van der Waals surface area contributed by atoms with Gasteiger partial charge in [0.15, 0.2) is 0 Å². The largest absolute Gasteiger partial charge is 0.376 e. The Balaban J connectivity index is 1.87. The van der Waals surface area contributed by atoms with Crippen LogP contribution in [0.15, 0.2) is 24.3 Å². The second-order valence-electron chi connectivity index (χ2n) is 6.63. The highest BCUT2D eigenvalue weighted by Gasteiger charge is 2.21. The normalized spacial score (nSPS) is 18.0. The summed E-state index contributed by atoms with van der Waals surface area (Å²) in [6.45, 7) is 6.89. The Labute approximate surface area is 131 Å². The summed E-state index contributed by atoms with van der Waals surface area (Å²) in [6.07, 6.45) is 2.19. The second-order valence-corrected chi connectivity index (χ2v) is 6.63. The molecule has 1 aliphatic heterocycles. The second kappa shape index (κ2) is 6.92. The first kappa shape index (κ1) is 16.5. The van der Waals surface area contributed by atoms with Crippen molar-refractivity contribution >= 4 is 17.5 Å². The molecule has 1 atom stereocenters. The minimum absolute atomic E-state index is 0.0527. The van der Waals surface area contributed by atoms with E-state index in [1.54, 1.807) is 24.3 Å². The van der Waals surface area contributed by atoms with Crippen LogP contribution < -0.4 is 10.6 Å². The van der Waals surface area contributed by atoms with Crippen molar-refractivity contribution in [2.24, 2.45) is 5.41 Å². The molecule has 0 bridgehead atoms. The van der Waals surface area contributed by atoms with Gasteiger partial charge >= 0.3 is 0 Å². The third kappa shape index (κ3) is 4.56. The third-order valence-electron chi connectivity index (χ3n) is 3.60. The van der Waals surface area contributed by atoms with Crippen LogP contribution in [0.25, 0.3) is 0 Å². The van der Waals surface area contributed by atoms with Crippen molar-refractivity contribution in [2.45, 2.75) is 39.7 Å². The van der Waals surface area contributed by atoms with E-state index in [9.17, 15) is 9.59 Å². The van der Waals surface area contributed by atoms with Gasteiger partial charge < -0.3 is 15.4 Å². The van der Waals surface area contributed by atoms with E-state index in [0.29, 0.717) is 17.8 Å². The van der Waals surface area contributed by atoms with E-state index in [-0.39, 0.29) is 17.9 Å². The van der Waals surface area contributed by atoms with Gasteiger partial charge in [0.2, 0.25) is 5.91 Å². The van der Waals surface area contributed by atoms with Crippen molar-refractivity contribution in [2.75, 3.05) is 18.5 Å². The molecule has 0 saturated carbocycles. The highest BCUT2D eigenvalue weighted by Crippen LogP contribution is 2.18. The van der Waals surface area contributed by atoms with Gasteiger partial charge in [0.25, 0.3) is 5.91 Å². The van der Waals surface area contributed by atoms with E-state index in [1.165, 1.54) is 0 Å². The van der Waals surface area contributed by atoms with Gasteiger partial charge in [0.05, 0.1) is 6.10 Å². The summed E-state index contributed by atoms with van der Waals surface area (Å²) in [5.41, 5.74) is 0.819. The fourth-order valence-electron chi connectivity index (χ4n) is 2.14. The number of hydrogen-bond acceptors (Lipinski definition) is 3. The van der Waals surface area contributed by atoms with Crippen LogP contribution in [0.2, 0.25) is 0 Å². The van der Waals surface area contributed by atoms with E-state index >= 15 is 0 Å². The van der Waals surface area contributed by atoms with Crippen LogP contribution in [0.4, 0.5) is 5.69 Å². The predicted octanol–water partition coefficient (Wildman–Crippen LogP) is 2.58. The van der Waals surface area contributed by atoms with E-state index in [1.807, 2.05) is 20.8 Å². The summed E-state index contributed by atoms with van der Waals surface area (Å²) in [5, 5.41) is 5.71. The molecule has 0 aromatic heterocycles. The van der Waals surface area contributed by atoms with Crippen molar-refractivity contribution < 1.29 is 14.3 Å². The lowest BCUT2D eigenvalue weighted by Gasteiger charge is -2.17. The summed E-state index contributed by atoms with van der Waals surface area (Å²) in [7, 11) is 0. The van der Waals surface area contributed by atoms with Crippen molar-refractivity contribution in [3.8, 4) is 0 Å². The number of amides is 2. The molecule has 1 saturated heterocycles. The van der Waals surface area contributed by atoms with Crippen LogP contribution in [0.1, 0.15) is 44.0 Å². The summed E-state index contributed by atoms with van der Waals surface area (Å²) < 4.78 is 5.47. The maximum Gasteiger partial charge on any atom is 0.251 e. The SMILES string of the molecule is CC(C)(C)C(=O)Nc1ccc(C(=O)NCC2CCCO2)cc1. The lowest BCUT2D eigenvalue weighted by molar-refractivity contribution is -0.123. The Hall–Kier alpha value is -1.88. The lowest BCUT2D eigenvalue weighted by atomic mass is 9.95. The molecule has 0 spiro atoms. The Morgan fingerprint density at radius 3 is 2.45 bits per heavy atom. The first-order valence-electron chi connectivity index (χ1n) is 7.67. The van der Waals surface area contributed by atoms with E-state index in [0.717, 1.165) is 19.4 Å². The highest BCUT2D eigenvalue weighted by atomic mass is 16.5. The van der Waals surface area contributed by atoms with Gasteiger partial charge in [0.1, 0.15) is 0 Å². The molecular formula is C17H24N2O3. The number of nitrogens with one attached hydrogen (secondary N) is 2. The molecule has 1 fully saturated rings. The average Bonchev–Trinajstić information content (AvgIpc) is 2.98. The third-order valence-corrected chi connectivity index (χ3v) is 3.60. The van der Waals surface area contributed by atoms with Crippen LogP contribution in [0.3, 0.4) is 0 Å². The molecule has 2 amide bonds. The highest BCUT2D eigenvalue weighted by molar-refractivity contribution is 5.97. The van der Waals surface area contributed by atoms with Gasteiger partial charge in [-0.3, -0.25) is 9.59 Å². The van der Waals surface area contributed by atoms with Gasteiger partial charge in [-0.1, -0.05) is 20.8 Å². The Kier molecular flexibility index (Phi) is 5.19. The maximum absolute atomic E-state index is 12.0. The number of carbonyl (C=O) groups is 2. The quantitative estimate of drug-likeness (QED) is 0.898. The summed E-state index contributed by atoms with van der Waals surface area (Å²) >= 11 is 0. The summed E-state index contributed by atoms with van der Waals surface area (Å²) in [6, 6.07) is 6.90. The number of anilines is 1. The molecule has 5 nitrogen and oxygen atoms in total. The molecule has 2 N–H and O–H groups in total. The molecule has 0 aliphatic carbocycles. The summed E-state index contributed by atoms with van der Waals surface area (Å²) in [5.74, 6) is -0.174. The number of benzene rings is 1. The van der Waals surface area contributed by atoms with Crippen molar-refractivity contribution in [1.82, 2.24) is 5.32 Å². The number of hydrogen-bond donors (Lipinski definition) is 2. The van der Waals surface area contributed by atoms with Gasteiger partial charge in [-0.05, 0) is 37.1 Å². The average molecular weight is 304 g/mol. The van der Waals surface area contributed by atoms with Gasteiger partial charge in [0, 0.05) is 29.8 Å². The van der Waals surface area contributed by atoms with E-state index < -0.39 is 5.41 Å². The molecule has 1 aromatic rings. The first-order valence-corrected chi connectivity index (χ1v) is 7.67. The van der Waals surface area contributed by atoms with E-state index in [2.05, 4.69) is 10.6 Å². The minimum atomic E-state index is -0.447. The standard InChI is InChI=1S/C17H24N2O3/c1-17(2,3)16(21)19-13-8-6-12(7-9-13)15(20)18-11-14-5-4-10-22-14/h6-9,14H,4-5,10-11H2,1-3H3,(H,18,20)(H,19,21). The fraction of sp³-hybridized carbons (Fsp3) is 0.529. The number of ether oxygens (including phenoxy) is 1. The summed E-state index contributed by atoms with van der Waals surface area (Å²) in [4.78, 5) is 23.9. The Bertz CT molecular complexity index is 526. The number of rotatable bonds is 4. The molecular weight excluding hydrogens is 280 g/mol. The topological polar surface area (TPSA) is 67.4 Å². The van der Waals surface area contributed by atoms with Crippen LogP contribution in [-0.4, -0.2) is 31.1 Å². The molecule has 22 heavy (non-hydrogen) atoms. The monoisotopic (exact) mass is 304 g/mol. The minimum Gasteiger partial charge on any atom is -0.376 e. The molecule has 5 heteroatoms. The van der Waals surface area contributed by atoms with Gasteiger partial charge in [-0.25, -0.2) is 0 Å². The first-order chi connectivity index (χ1) is 10.4. The van der Waals surface area contributed by atoms with Crippen molar-refractivity contribution in [3.05, 3.63) is 29.8 Å². The predicted molar refractivity (Wildman–Crippen MR) is 85.8 cm³/mol. The zero-order valence-corrected chi connectivity index (χ0v) is 13.4. The molecule has 2 rings (SSSR count). The van der Waals surface area contributed by atoms with E-state index in [4.69, 9.17) is 4.74 Å². The molecule has 120 valence electrons. The fourth-order valence-corrected chi connectivity index (χ4v) is 2.14. The number of carbonyl (C=O) groups excluding carboxylic acids is 2. The smallest absolute Gasteiger partial charge is 0.251 e. The van der Waals surface area contributed by atoms with Crippen molar-refractivity contribution in [3.63, 3.8) is 0 Å². The zero-order valence-electron chi connectivity index (χ0n) is 13.4.